The lowest BCUT2D eigenvalue weighted by Crippen LogP contribution is -2.48. The molecule has 1 aliphatic heterocycles. The Morgan fingerprint density at radius 3 is 2.53 bits per heavy atom. The molecule has 3 fully saturated rings. The highest BCUT2D eigenvalue weighted by molar-refractivity contribution is 6.01. The number of piperazine rings is 1. The minimum absolute atomic E-state index is 0.0374. The number of esters is 1. The van der Waals surface area contributed by atoms with Gasteiger partial charge in [0.2, 0.25) is 5.95 Å². The second-order valence-electron chi connectivity index (χ2n) is 14.3. The monoisotopic (exact) mass is 588 g/mol. The van der Waals surface area contributed by atoms with E-state index in [0.29, 0.717) is 24.5 Å². The molecule has 0 radical (unpaired) electrons. The van der Waals surface area contributed by atoms with Gasteiger partial charge in [-0.1, -0.05) is 37.1 Å². The summed E-state index contributed by atoms with van der Waals surface area (Å²) in [4.78, 5) is 43.8. The van der Waals surface area contributed by atoms with Gasteiger partial charge in [0.05, 0.1) is 5.92 Å². The molecule has 0 N–H and O–H groups in total. The van der Waals surface area contributed by atoms with Crippen molar-refractivity contribution in [2.75, 3.05) is 75.8 Å². The van der Waals surface area contributed by atoms with Crippen LogP contribution in [0.5, 0.6) is 0 Å². The van der Waals surface area contributed by atoms with Gasteiger partial charge in [-0.25, -0.2) is 0 Å². The first kappa shape index (κ1) is 29.9. The molecule has 0 spiro atoms. The van der Waals surface area contributed by atoms with Crippen LogP contribution in [0.3, 0.4) is 0 Å². The Kier molecular flexibility index (Phi) is 7.68. The summed E-state index contributed by atoms with van der Waals surface area (Å²) in [7, 11) is 7.91. The molecule has 1 aromatic heterocycles. The van der Waals surface area contributed by atoms with E-state index in [4.69, 9.17) is 9.72 Å². The van der Waals surface area contributed by atoms with Gasteiger partial charge in [0.25, 0.3) is 0 Å². The van der Waals surface area contributed by atoms with Crippen molar-refractivity contribution >= 4 is 29.3 Å². The molecule has 0 unspecified atom stereocenters. The summed E-state index contributed by atoms with van der Waals surface area (Å²) in [6.45, 7) is 10.4. The number of hydrogen-bond donors (Lipinski definition) is 0. The third kappa shape index (κ3) is 5.17. The summed E-state index contributed by atoms with van der Waals surface area (Å²) in [6.07, 6.45) is 12.1. The Bertz CT molecular complexity index is 1350. The quantitative estimate of drug-likeness (QED) is 0.356. The summed E-state index contributed by atoms with van der Waals surface area (Å²) < 4.78 is 6.10. The summed E-state index contributed by atoms with van der Waals surface area (Å²) in [5.41, 5.74) is 2.46. The fourth-order valence-corrected chi connectivity index (χ4v) is 8.74. The van der Waals surface area contributed by atoms with Crippen LogP contribution in [0.15, 0.2) is 41.5 Å². The lowest BCUT2D eigenvalue weighted by atomic mass is 9.52. The highest BCUT2D eigenvalue weighted by Crippen LogP contribution is 2.65. The average molecular weight is 589 g/mol. The predicted molar refractivity (Wildman–Crippen MR) is 170 cm³/mol. The van der Waals surface area contributed by atoms with Crippen molar-refractivity contribution in [3.8, 4) is 0 Å². The number of fused-ring (bicyclic) bond motifs is 5. The number of anilines is 3. The number of carbonyl (C=O) groups excluding carboxylic acids is 2. The van der Waals surface area contributed by atoms with E-state index in [0.717, 1.165) is 63.5 Å². The van der Waals surface area contributed by atoms with E-state index < -0.39 is 0 Å². The Balaban J connectivity index is 1.09. The van der Waals surface area contributed by atoms with Crippen molar-refractivity contribution in [1.82, 2.24) is 14.9 Å². The van der Waals surface area contributed by atoms with Gasteiger partial charge in [-0.2, -0.15) is 9.97 Å². The topological polar surface area (TPSA) is 82.1 Å². The van der Waals surface area contributed by atoms with Crippen LogP contribution in [0.2, 0.25) is 0 Å². The van der Waals surface area contributed by atoms with Crippen LogP contribution in [-0.4, -0.2) is 87.7 Å². The van der Waals surface area contributed by atoms with Crippen molar-refractivity contribution < 1.29 is 14.3 Å². The lowest BCUT2D eigenvalue weighted by Gasteiger charge is -2.52. The van der Waals surface area contributed by atoms with Crippen LogP contribution in [0.1, 0.15) is 46.5 Å². The molecule has 9 nitrogen and oxygen atoms in total. The van der Waals surface area contributed by atoms with Gasteiger partial charge in [0.15, 0.2) is 5.78 Å². The molecule has 4 aliphatic carbocycles. The van der Waals surface area contributed by atoms with Crippen LogP contribution < -0.4 is 14.7 Å². The van der Waals surface area contributed by atoms with Crippen LogP contribution in [0.4, 0.5) is 17.6 Å². The van der Waals surface area contributed by atoms with E-state index in [1.54, 1.807) is 6.08 Å². The molecule has 232 valence electrons. The molecular weight excluding hydrogens is 540 g/mol. The first-order valence-electron chi connectivity index (χ1n) is 15.9. The first-order valence-corrected chi connectivity index (χ1v) is 15.9. The van der Waals surface area contributed by atoms with E-state index in [9.17, 15) is 9.59 Å². The van der Waals surface area contributed by atoms with E-state index in [-0.39, 0.29) is 34.4 Å². The summed E-state index contributed by atoms with van der Waals surface area (Å²) in [6, 6.07) is 2.04. The molecule has 6 rings (SSSR count). The Hall–Kier alpha value is -3.20. The largest absolute Gasteiger partial charge is 0.449 e. The first-order chi connectivity index (χ1) is 20.4. The number of carbonyl (C=O) groups is 2. The zero-order valence-corrected chi connectivity index (χ0v) is 27.0. The summed E-state index contributed by atoms with van der Waals surface area (Å²) >= 11 is 0. The third-order valence-corrected chi connectivity index (χ3v) is 11.2. The highest BCUT2D eigenvalue weighted by atomic mass is 16.5. The van der Waals surface area contributed by atoms with Crippen LogP contribution in [-0.2, 0) is 14.3 Å². The third-order valence-electron chi connectivity index (χ3n) is 11.2. The molecule has 1 saturated heterocycles. The standard InChI is InChI=1S/C34H48N6O3/c1-22-18-27-25-9-8-23-19-24(41)10-12-33(23,2)26(25)11-13-34(27,3)30(22)31(42)43-21-39-14-16-40(17-15-39)29-20-28(37(4)5)35-32(36-29)38(6)7/h10-12,19-20,22,25,27,30H,8-9,13-18,21H2,1-7H3/t22-,25-,27+,30-,33+,34+/m1/s1. The number of aromatic nitrogens is 2. The zero-order chi connectivity index (χ0) is 30.7. The van der Waals surface area contributed by atoms with Gasteiger partial charge in [0.1, 0.15) is 18.4 Å². The van der Waals surface area contributed by atoms with Crippen molar-refractivity contribution in [3.05, 3.63) is 41.5 Å². The van der Waals surface area contributed by atoms with Gasteiger partial charge in [-0.15, -0.1) is 0 Å². The fourth-order valence-electron chi connectivity index (χ4n) is 8.74. The van der Waals surface area contributed by atoms with Crippen LogP contribution >= 0.6 is 0 Å². The van der Waals surface area contributed by atoms with Gasteiger partial charge in [0, 0.05) is 65.9 Å². The maximum Gasteiger partial charge on any atom is 0.311 e. The van der Waals surface area contributed by atoms with Crippen LogP contribution in [0, 0.1) is 34.5 Å². The van der Waals surface area contributed by atoms with E-state index in [2.05, 4.69) is 47.7 Å². The summed E-state index contributed by atoms with van der Waals surface area (Å²) in [5.74, 6) is 3.68. The number of ether oxygens (including phenoxy) is 1. The van der Waals surface area contributed by atoms with Gasteiger partial charge >= 0.3 is 5.97 Å². The van der Waals surface area contributed by atoms with Gasteiger partial charge < -0.3 is 19.4 Å². The van der Waals surface area contributed by atoms with Crippen molar-refractivity contribution in [3.63, 3.8) is 0 Å². The zero-order valence-electron chi connectivity index (χ0n) is 27.0. The Morgan fingerprint density at radius 2 is 1.84 bits per heavy atom. The molecule has 1 aromatic rings. The molecule has 9 heteroatoms. The molecular formula is C34H48N6O3. The minimum atomic E-state index is -0.157. The summed E-state index contributed by atoms with van der Waals surface area (Å²) in [5, 5.41) is 0. The molecule has 2 saturated carbocycles. The number of allylic oxidation sites excluding steroid dienone is 6. The second-order valence-corrected chi connectivity index (χ2v) is 14.3. The molecule has 43 heavy (non-hydrogen) atoms. The normalized spacial score (nSPS) is 33.7. The number of rotatable bonds is 6. The molecule has 2 heterocycles. The van der Waals surface area contributed by atoms with Gasteiger partial charge in [-0.05, 0) is 67.9 Å². The van der Waals surface area contributed by atoms with Gasteiger partial charge in [-0.3, -0.25) is 14.5 Å². The molecule has 0 amide bonds. The molecule has 5 aliphatic rings. The fraction of sp³-hybridized carbons (Fsp3) is 0.647. The van der Waals surface area contributed by atoms with E-state index in [1.165, 1.54) is 11.1 Å². The smallest absolute Gasteiger partial charge is 0.311 e. The molecule has 6 atom stereocenters. The molecule has 0 bridgehead atoms. The number of ketones is 1. The van der Waals surface area contributed by atoms with Crippen LogP contribution in [0.25, 0.3) is 0 Å². The van der Waals surface area contributed by atoms with E-state index >= 15 is 0 Å². The number of hydrogen-bond acceptors (Lipinski definition) is 9. The molecule has 0 aromatic carbocycles. The SMILES string of the molecule is C[C@@H]1C[C@H]2[C@@H]3CCC4=CC(=O)C=C[C@]4(C)C3=CC[C@]2(C)[C@H]1C(=O)OCN1CCN(c2cc(N(C)C)nc(N(C)C)n2)CC1. The second kappa shape index (κ2) is 11.1. The highest BCUT2D eigenvalue weighted by Gasteiger charge is 2.60. The van der Waals surface area contributed by atoms with Crippen molar-refractivity contribution in [2.45, 2.75) is 46.5 Å². The lowest BCUT2D eigenvalue weighted by molar-refractivity contribution is -0.159. The van der Waals surface area contributed by atoms with Crippen molar-refractivity contribution in [2.24, 2.45) is 34.5 Å². The minimum Gasteiger partial charge on any atom is -0.449 e. The maximum absolute atomic E-state index is 13.8. The maximum atomic E-state index is 13.8. The average Bonchev–Trinajstić information content (AvgIpc) is 3.26. The number of nitrogens with zero attached hydrogens (tertiary/aromatic N) is 6. The van der Waals surface area contributed by atoms with Crippen molar-refractivity contribution in [1.29, 1.82) is 0 Å². The predicted octanol–water partition coefficient (Wildman–Crippen LogP) is 4.32. The van der Waals surface area contributed by atoms with E-state index in [1.807, 2.05) is 50.1 Å². The Morgan fingerprint density at radius 1 is 1.09 bits per heavy atom. The Labute approximate surface area is 256 Å².